The summed E-state index contributed by atoms with van der Waals surface area (Å²) in [6, 6.07) is 1.09. The Hall–Kier alpha value is -1.65. The highest BCUT2D eigenvalue weighted by atomic mass is 19.1. The molecule has 5 heteroatoms. The van der Waals surface area contributed by atoms with Crippen LogP contribution in [0.25, 0.3) is 0 Å². The fourth-order valence-corrected chi connectivity index (χ4v) is 1.09. The van der Waals surface area contributed by atoms with Gasteiger partial charge in [0.2, 0.25) is 0 Å². The largest absolute Gasteiger partial charge is 0.383 e. The molecule has 3 N–H and O–H groups in total. The van der Waals surface area contributed by atoms with Crippen LogP contribution < -0.4 is 11.1 Å². The van der Waals surface area contributed by atoms with Crippen molar-refractivity contribution in [3.8, 4) is 0 Å². The van der Waals surface area contributed by atoms with E-state index in [1.165, 1.54) is 0 Å². The van der Waals surface area contributed by atoms with E-state index in [-0.39, 0.29) is 16.9 Å². The lowest BCUT2D eigenvalue weighted by molar-refractivity contribution is 0.0911. The molecule has 0 unspecified atom stereocenters. The Bertz CT molecular complexity index is 404. The van der Waals surface area contributed by atoms with Crippen LogP contribution in [0.15, 0.2) is 12.3 Å². The fraction of sp³-hybridized carbons (Fsp3) is 0.455. The molecule has 0 radical (unpaired) electrons. The van der Waals surface area contributed by atoms with Crippen LogP contribution in [0.3, 0.4) is 0 Å². The Morgan fingerprint density at radius 1 is 1.62 bits per heavy atom. The molecule has 1 heterocycles. The predicted octanol–water partition coefficient (Wildman–Crippen LogP) is 1.72. The number of nitrogens with zero attached hydrogens (tertiary/aromatic N) is 1. The molecule has 16 heavy (non-hydrogen) atoms. The van der Waals surface area contributed by atoms with Gasteiger partial charge in [-0.25, -0.2) is 9.37 Å². The topological polar surface area (TPSA) is 68.0 Å². The molecule has 0 fully saturated rings. The Balaban J connectivity index is 2.93. The van der Waals surface area contributed by atoms with Crippen molar-refractivity contribution in [2.75, 3.05) is 5.73 Å². The van der Waals surface area contributed by atoms with Gasteiger partial charge in [-0.05, 0) is 26.3 Å². The highest BCUT2D eigenvalue weighted by Gasteiger charge is 2.20. The number of carbonyl (C=O) groups excluding carboxylic acids is 1. The number of hydrogen-bond donors (Lipinski definition) is 2. The van der Waals surface area contributed by atoms with E-state index in [1.54, 1.807) is 0 Å². The zero-order valence-corrected chi connectivity index (χ0v) is 9.67. The number of halogens is 1. The molecule has 0 aliphatic heterocycles. The fourth-order valence-electron chi connectivity index (χ4n) is 1.09. The van der Waals surface area contributed by atoms with E-state index in [0.29, 0.717) is 0 Å². The van der Waals surface area contributed by atoms with Crippen molar-refractivity contribution in [2.45, 2.75) is 32.7 Å². The smallest absolute Gasteiger partial charge is 0.255 e. The standard InChI is InChI=1S/C11H16FN3O/c1-4-11(2,3)15-10(16)8-5-7(12)6-14-9(8)13/h5-6H,4H2,1-3H3,(H2,13,14)(H,15,16). The Labute approximate surface area is 94.1 Å². The second-order valence-electron chi connectivity index (χ2n) is 4.28. The van der Waals surface area contributed by atoms with Crippen LogP contribution in [0.4, 0.5) is 10.2 Å². The van der Waals surface area contributed by atoms with E-state index >= 15 is 0 Å². The van der Waals surface area contributed by atoms with E-state index in [1.807, 2.05) is 20.8 Å². The molecule has 1 rings (SSSR count). The van der Waals surface area contributed by atoms with Gasteiger partial charge >= 0.3 is 0 Å². The lowest BCUT2D eigenvalue weighted by Crippen LogP contribution is -2.43. The van der Waals surface area contributed by atoms with Crippen LogP contribution in [-0.4, -0.2) is 16.4 Å². The number of nitrogens with one attached hydrogen (secondary N) is 1. The molecule has 0 saturated carbocycles. The molecule has 0 spiro atoms. The number of amides is 1. The molecule has 0 aliphatic rings. The van der Waals surface area contributed by atoms with E-state index in [2.05, 4.69) is 10.3 Å². The first-order valence-corrected chi connectivity index (χ1v) is 5.09. The maximum Gasteiger partial charge on any atom is 0.255 e. The van der Waals surface area contributed by atoms with Gasteiger partial charge in [0, 0.05) is 5.54 Å². The molecule has 88 valence electrons. The summed E-state index contributed by atoms with van der Waals surface area (Å²) in [5.74, 6) is -0.948. The molecule has 1 aromatic rings. The highest BCUT2D eigenvalue weighted by Crippen LogP contribution is 2.13. The zero-order valence-electron chi connectivity index (χ0n) is 9.67. The van der Waals surface area contributed by atoms with Crippen molar-refractivity contribution in [1.29, 1.82) is 0 Å². The van der Waals surface area contributed by atoms with Gasteiger partial charge in [0.15, 0.2) is 0 Å². The number of aromatic nitrogens is 1. The quantitative estimate of drug-likeness (QED) is 0.823. The summed E-state index contributed by atoms with van der Waals surface area (Å²) in [6.07, 6.45) is 1.75. The minimum atomic E-state index is -0.575. The van der Waals surface area contributed by atoms with Gasteiger partial charge < -0.3 is 11.1 Å². The first-order valence-electron chi connectivity index (χ1n) is 5.09. The first-order chi connectivity index (χ1) is 7.35. The summed E-state index contributed by atoms with van der Waals surface area (Å²) in [5.41, 5.74) is 5.23. The zero-order chi connectivity index (χ0) is 12.3. The second-order valence-corrected chi connectivity index (χ2v) is 4.28. The van der Waals surface area contributed by atoms with E-state index in [0.717, 1.165) is 18.7 Å². The van der Waals surface area contributed by atoms with Crippen molar-refractivity contribution < 1.29 is 9.18 Å². The molecule has 0 atom stereocenters. The highest BCUT2D eigenvalue weighted by molar-refractivity contribution is 5.98. The van der Waals surface area contributed by atoms with Crippen LogP contribution >= 0.6 is 0 Å². The molecule has 0 saturated heterocycles. The Kier molecular flexibility index (Phi) is 3.47. The summed E-state index contributed by atoms with van der Waals surface area (Å²) >= 11 is 0. The molecule has 0 aliphatic carbocycles. The number of pyridine rings is 1. The lowest BCUT2D eigenvalue weighted by atomic mass is 10.0. The van der Waals surface area contributed by atoms with E-state index in [4.69, 9.17) is 5.73 Å². The number of nitrogen functional groups attached to an aromatic ring is 1. The van der Waals surface area contributed by atoms with Gasteiger partial charge in [0.1, 0.15) is 11.6 Å². The first kappa shape index (κ1) is 12.4. The molecule has 0 aromatic carbocycles. The molecule has 4 nitrogen and oxygen atoms in total. The third-order valence-corrected chi connectivity index (χ3v) is 2.47. The monoisotopic (exact) mass is 225 g/mol. The van der Waals surface area contributed by atoms with Crippen LogP contribution in [0.2, 0.25) is 0 Å². The Morgan fingerprint density at radius 2 is 2.25 bits per heavy atom. The molecular formula is C11H16FN3O. The second kappa shape index (κ2) is 4.47. The van der Waals surface area contributed by atoms with Gasteiger partial charge in [-0.1, -0.05) is 6.92 Å². The van der Waals surface area contributed by atoms with Crippen LogP contribution in [0.5, 0.6) is 0 Å². The van der Waals surface area contributed by atoms with Gasteiger partial charge in [-0.2, -0.15) is 0 Å². The molecular weight excluding hydrogens is 209 g/mol. The maximum absolute atomic E-state index is 12.9. The number of anilines is 1. The maximum atomic E-state index is 12.9. The molecule has 1 amide bonds. The summed E-state index contributed by atoms with van der Waals surface area (Å²) in [7, 11) is 0. The Morgan fingerprint density at radius 3 is 2.81 bits per heavy atom. The third kappa shape index (κ3) is 2.92. The van der Waals surface area contributed by atoms with Crippen LogP contribution in [0.1, 0.15) is 37.6 Å². The minimum absolute atomic E-state index is 0.0332. The van der Waals surface area contributed by atoms with Gasteiger partial charge in [-0.3, -0.25) is 4.79 Å². The summed E-state index contributed by atoms with van der Waals surface area (Å²) in [5, 5.41) is 2.76. The predicted molar refractivity (Wildman–Crippen MR) is 60.4 cm³/mol. The van der Waals surface area contributed by atoms with Crippen molar-refractivity contribution in [3.63, 3.8) is 0 Å². The van der Waals surface area contributed by atoms with Crippen LogP contribution in [-0.2, 0) is 0 Å². The number of carbonyl (C=O) groups is 1. The van der Waals surface area contributed by atoms with E-state index in [9.17, 15) is 9.18 Å². The summed E-state index contributed by atoms with van der Waals surface area (Å²) < 4.78 is 12.9. The normalized spacial score (nSPS) is 11.2. The number of nitrogens with two attached hydrogens (primary N) is 1. The van der Waals surface area contributed by atoms with Crippen molar-refractivity contribution in [3.05, 3.63) is 23.6 Å². The summed E-state index contributed by atoms with van der Waals surface area (Å²) in [4.78, 5) is 15.4. The van der Waals surface area contributed by atoms with Gasteiger partial charge in [0.05, 0.1) is 11.8 Å². The average molecular weight is 225 g/mol. The van der Waals surface area contributed by atoms with Crippen molar-refractivity contribution >= 4 is 11.7 Å². The lowest BCUT2D eigenvalue weighted by Gasteiger charge is -2.24. The van der Waals surface area contributed by atoms with Crippen molar-refractivity contribution in [2.24, 2.45) is 0 Å². The number of hydrogen-bond acceptors (Lipinski definition) is 3. The third-order valence-electron chi connectivity index (χ3n) is 2.47. The van der Waals surface area contributed by atoms with Crippen molar-refractivity contribution in [1.82, 2.24) is 10.3 Å². The average Bonchev–Trinajstić information content (AvgIpc) is 2.21. The van der Waals surface area contributed by atoms with Gasteiger partial charge in [-0.15, -0.1) is 0 Å². The summed E-state index contributed by atoms with van der Waals surface area (Å²) in [6.45, 7) is 5.72. The van der Waals surface area contributed by atoms with Crippen LogP contribution in [0, 0.1) is 5.82 Å². The molecule has 0 bridgehead atoms. The van der Waals surface area contributed by atoms with Gasteiger partial charge in [0.25, 0.3) is 5.91 Å². The minimum Gasteiger partial charge on any atom is -0.383 e. The number of rotatable bonds is 3. The van der Waals surface area contributed by atoms with E-state index < -0.39 is 11.7 Å². The SMILES string of the molecule is CCC(C)(C)NC(=O)c1cc(F)cnc1N. The molecule has 1 aromatic heterocycles.